The molecular formula is C19H25FN2O5. The third-order valence-corrected chi connectivity index (χ3v) is 3.93. The molecule has 8 heteroatoms. The number of rotatable bonds is 10. The molecular weight excluding hydrogens is 355 g/mol. The van der Waals surface area contributed by atoms with Crippen molar-refractivity contribution in [3.63, 3.8) is 0 Å². The average molecular weight is 380 g/mol. The molecule has 1 rings (SSSR count). The Kier molecular flexibility index (Phi) is 9.12. The standard InChI is InChI=1S/C19H25FN2O5/c1-4-15(24)8-9-16(19(26)27-3)22-18(25)17(21-12(2)23)11-13-6-5-7-14(20)10-13/h5-7,10,16-17H,4,8-9,11H2,1-3H3,(H,21,23)(H,22,25)/t16-,17-/m0/s1. The number of ketones is 1. The summed E-state index contributed by atoms with van der Waals surface area (Å²) in [5, 5.41) is 5.01. The molecule has 148 valence electrons. The lowest BCUT2D eigenvalue weighted by Crippen LogP contribution is -2.52. The van der Waals surface area contributed by atoms with Crippen molar-refractivity contribution in [2.75, 3.05) is 7.11 Å². The Balaban J connectivity index is 2.88. The lowest BCUT2D eigenvalue weighted by Gasteiger charge is -2.22. The highest BCUT2D eigenvalue weighted by molar-refractivity contribution is 5.90. The summed E-state index contributed by atoms with van der Waals surface area (Å²) in [6.45, 7) is 2.96. The highest BCUT2D eigenvalue weighted by Gasteiger charge is 2.27. The van der Waals surface area contributed by atoms with E-state index in [1.165, 1.54) is 32.2 Å². The minimum absolute atomic E-state index is 0.0451. The Bertz CT molecular complexity index is 692. The monoisotopic (exact) mass is 380 g/mol. The third-order valence-electron chi connectivity index (χ3n) is 3.93. The van der Waals surface area contributed by atoms with Crippen molar-refractivity contribution < 1.29 is 28.3 Å². The minimum Gasteiger partial charge on any atom is -0.467 e. The van der Waals surface area contributed by atoms with Gasteiger partial charge in [-0.1, -0.05) is 19.1 Å². The predicted molar refractivity (Wildman–Crippen MR) is 96.2 cm³/mol. The number of Topliss-reactive ketones (excluding diaryl/α,β-unsaturated/α-hetero) is 1. The number of carbonyl (C=O) groups is 4. The largest absolute Gasteiger partial charge is 0.467 e. The first-order valence-electron chi connectivity index (χ1n) is 8.68. The molecule has 0 aromatic heterocycles. The quantitative estimate of drug-likeness (QED) is 0.596. The van der Waals surface area contributed by atoms with Gasteiger partial charge in [0.2, 0.25) is 11.8 Å². The van der Waals surface area contributed by atoms with Crippen molar-refractivity contribution in [1.82, 2.24) is 10.6 Å². The summed E-state index contributed by atoms with van der Waals surface area (Å²) in [6, 6.07) is 3.65. The molecule has 0 aliphatic heterocycles. The fourth-order valence-electron chi connectivity index (χ4n) is 2.50. The molecule has 27 heavy (non-hydrogen) atoms. The van der Waals surface area contributed by atoms with Crippen molar-refractivity contribution in [3.05, 3.63) is 35.6 Å². The summed E-state index contributed by atoms with van der Waals surface area (Å²) >= 11 is 0. The molecule has 0 unspecified atom stereocenters. The topological polar surface area (TPSA) is 102 Å². The van der Waals surface area contributed by atoms with Crippen LogP contribution < -0.4 is 10.6 Å². The van der Waals surface area contributed by atoms with Gasteiger partial charge in [-0.3, -0.25) is 14.4 Å². The van der Waals surface area contributed by atoms with Crippen LogP contribution in [0.3, 0.4) is 0 Å². The zero-order valence-corrected chi connectivity index (χ0v) is 15.7. The number of ether oxygens (including phenoxy) is 1. The van der Waals surface area contributed by atoms with Crippen LogP contribution in [-0.2, 0) is 30.3 Å². The molecule has 0 aliphatic rings. The van der Waals surface area contributed by atoms with E-state index in [1.807, 2.05) is 0 Å². The van der Waals surface area contributed by atoms with Gasteiger partial charge in [0.1, 0.15) is 23.7 Å². The molecule has 0 fully saturated rings. The van der Waals surface area contributed by atoms with Crippen molar-refractivity contribution in [2.24, 2.45) is 0 Å². The van der Waals surface area contributed by atoms with Gasteiger partial charge in [0.25, 0.3) is 0 Å². The molecule has 2 amide bonds. The predicted octanol–water partition coefficient (Wildman–Crippen LogP) is 1.29. The fraction of sp³-hybridized carbons (Fsp3) is 0.474. The Morgan fingerprint density at radius 1 is 1.15 bits per heavy atom. The minimum atomic E-state index is -1.01. The second-order valence-corrected chi connectivity index (χ2v) is 6.10. The number of esters is 1. The van der Waals surface area contributed by atoms with Crippen molar-refractivity contribution in [1.29, 1.82) is 0 Å². The summed E-state index contributed by atoms with van der Waals surface area (Å²) in [4.78, 5) is 47.5. The van der Waals surface area contributed by atoms with Gasteiger partial charge >= 0.3 is 5.97 Å². The number of hydrogen-bond acceptors (Lipinski definition) is 5. The van der Waals surface area contributed by atoms with Gasteiger partial charge in [0, 0.05) is 26.2 Å². The molecule has 0 heterocycles. The maximum absolute atomic E-state index is 13.4. The molecule has 1 aromatic carbocycles. The third kappa shape index (κ3) is 7.98. The Morgan fingerprint density at radius 3 is 2.41 bits per heavy atom. The molecule has 2 N–H and O–H groups in total. The highest BCUT2D eigenvalue weighted by atomic mass is 19.1. The summed E-state index contributed by atoms with van der Waals surface area (Å²) in [7, 11) is 1.18. The molecule has 7 nitrogen and oxygen atoms in total. The van der Waals surface area contributed by atoms with Gasteiger partial charge in [0.05, 0.1) is 7.11 Å². The molecule has 0 saturated heterocycles. The number of hydrogen-bond donors (Lipinski definition) is 2. The maximum atomic E-state index is 13.4. The molecule has 0 bridgehead atoms. The summed E-state index contributed by atoms with van der Waals surface area (Å²) in [5.41, 5.74) is 0.514. The maximum Gasteiger partial charge on any atom is 0.328 e. The average Bonchev–Trinajstić information content (AvgIpc) is 2.63. The summed E-state index contributed by atoms with van der Waals surface area (Å²) in [5.74, 6) is -2.24. The smallest absolute Gasteiger partial charge is 0.328 e. The second kappa shape index (κ2) is 11.1. The van der Waals surface area contributed by atoms with E-state index < -0.39 is 35.7 Å². The van der Waals surface area contributed by atoms with E-state index in [0.717, 1.165) is 0 Å². The van der Waals surface area contributed by atoms with E-state index in [0.29, 0.717) is 12.0 Å². The normalized spacial score (nSPS) is 12.6. The van der Waals surface area contributed by atoms with Gasteiger partial charge in [-0.15, -0.1) is 0 Å². The second-order valence-electron chi connectivity index (χ2n) is 6.10. The lowest BCUT2D eigenvalue weighted by atomic mass is 10.0. The highest BCUT2D eigenvalue weighted by Crippen LogP contribution is 2.09. The first kappa shape index (κ1) is 22.3. The van der Waals surface area contributed by atoms with Crippen LogP contribution in [0.1, 0.15) is 38.7 Å². The Morgan fingerprint density at radius 2 is 1.85 bits per heavy atom. The molecule has 2 atom stereocenters. The molecule has 0 radical (unpaired) electrons. The van der Waals surface area contributed by atoms with Gasteiger partial charge in [-0.05, 0) is 24.1 Å². The van der Waals surface area contributed by atoms with Crippen LogP contribution in [0.5, 0.6) is 0 Å². The van der Waals surface area contributed by atoms with Crippen LogP contribution in [0.15, 0.2) is 24.3 Å². The number of methoxy groups -OCH3 is 1. The summed E-state index contributed by atoms with van der Waals surface area (Å²) < 4.78 is 18.0. The van der Waals surface area contributed by atoms with Crippen LogP contribution in [0, 0.1) is 5.82 Å². The number of nitrogens with one attached hydrogen (secondary N) is 2. The number of benzene rings is 1. The van der Waals surface area contributed by atoms with Gasteiger partial charge in [-0.2, -0.15) is 0 Å². The van der Waals surface area contributed by atoms with E-state index >= 15 is 0 Å². The number of amides is 2. The van der Waals surface area contributed by atoms with E-state index in [2.05, 4.69) is 15.4 Å². The van der Waals surface area contributed by atoms with Crippen molar-refractivity contribution >= 4 is 23.6 Å². The molecule has 1 aromatic rings. The first-order chi connectivity index (χ1) is 12.8. The SMILES string of the molecule is CCC(=O)CC[C@H](NC(=O)[C@H](Cc1cccc(F)c1)NC(C)=O)C(=O)OC. The molecule has 0 saturated carbocycles. The van der Waals surface area contributed by atoms with Crippen LogP contribution >= 0.6 is 0 Å². The zero-order valence-electron chi connectivity index (χ0n) is 15.7. The Labute approximate surface area is 157 Å². The Hall–Kier alpha value is -2.77. The van der Waals surface area contributed by atoms with E-state index in [4.69, 9.17) is 0 Å². The first-order valence-corrected chi connectivity index (χ1v) is 8.68. The van der Waals surface area contributed by atoms with Gasteiger partial charge in [-0.25, -0.2) is 9.18 Å². The lowest BCUT2D eigenvalue weighted by molar-refractivity contribution is -0.145. The van der Waals surface area contributed by atoms with Crippen LogP contribution in [0.2, 0.25) is 0 Å². The van der Waals surface area contributed by atoms with Crippen molar-refractivity contribution in [3.8, 4) is 0 Å². The number of halogens is 1. The summed E-state index contributed by atoms with van der Waals surface area (Å²) in [6.07, 6.45) is 0.587. The van der Waals surface area contributed by atoms with Gasteiger partial charge < -0.3 is 15.4 Å². The zero-order chi connectivity index (χ0) is 20.4. The van der Waals surface area contributed by atoms with Gasteiger partial charge in [0.15, 0.2) is 0 Å². The van der Waals surface area contributed by atoms with E-state index in [1.54, 1.807) is 13.0 Å². The van der Waals surface area contributed by atoms with E-state index in [9.17, 15) is 23.6 Å². The van der Waals surface area contributed by atoms with E-state index in [-0.39, 0.29) is 25.0 Å². The number of carbonyl (C=O) groups excluding carboxylic acids is 4. The van der Waals surface area contributed by atoms with Crippen LogP contribution in [0.25, 0.3) is 0 Å². The van der Waals surface area contributed by atoms with Crippen LogP contribution in [-0.4, -0.2) is 42.8 Å². The molecule has 0 aliphatic carbocycles. The molecule has 0 spiro atoms. The fourth-order valence-corrected chi connectivity index (χ4v) is 2.50. The van der Waals surface area contributed by atoms with Crippen molar-refractivity contribution in [2.45, 2.75) is 51.6 Å². The van der Waals surface area contributed by atoms with Crippen LogP contribution in [0.4, 0.5) is 4.39 Å².